The Labute approximate surface area is 117 Å². The van der Waals surface area contributed by atoms with Crippen LogP contribution < -0.4 is 11.3 Å². The van der Waals surface area contributed by atoms with Gasteiger partial charge in [0.1, 0.15) is 6.04 Å². The maximum Gasteiger partial charge on any atom is 0.108 e. The van der Waals surface area contributed by atoms with Crippen molar-refractivity contribution in [3.05, 3.63) is 40.7 Å². The number of hydrazine groups is 1. The minimum Gasteiger partial charge on any atom is -0.270 e. The van der Waals surface area contributed by atoms with E-state index in [0.29, 0.717) is 10.7 Å². The summed E-state index contributed by atoms with van der Waals surface area (Å²) in [6, 6.07) is -0.165. The van der Waals surface area contributed by atoms with Crippen LogP contribution in [0.15, 0.2) is 18.6 Å². The molecule has 0 aliphatic rings. The SMILES string of the molecule is Cc1cnc(C(NN)c2c(Cl)cnn2C(C)C)cn1. The summed E-state index contributed by atoms with van der Waals surface area (Å²) in [6.07, 6.45) is 5.00. The van der Waals surface area contributed by atoms with Gasteiger partial charge in [0.2, 0.25) is 0 Å². The normalized spacial score (nSPS) is 12.9. The zero-order valence-corrected chi connectivity index (χ0v) is 11.9. The maximum atomic E-state index is 6.22. The Balaban J connectivity index is 2.47. The molecule has 2 aromatic rings. The highest BCUT2D eigenvalue weighted by Crippen LogP contribution is 2.28. The van der Waals surface area contributed by atoms with Gasteiger partial charge in [0.15, 0.2) is 0 Å². The van der Waals surface area contributed by atoms with Crippen LogP contribution in [0.2, 0.25) is 5.02 Å². The summed E-state index contributed by atoms with van der Waals surface area (Å²) in [6.45, 7) is 5.94. The Kier molecular flexibility index (Phi) is 4.14. The predicted octanol–water partition coefficient (Wildman–Crippen LogP) is 1.77. The van der Waals surface area contributed by atoms with E-state index >= 15 is 0 Å². The largest absolute Gasteiger partial charge is 0.270 e. The molecule has 3 N–H and O–H groups in total. The molecule has 1 unspecified atom stereocenters. The van der Waals surface area contributed by atoms with Crippen LogP contribution >= 0.6 is 11.6 Å². The van der Waals surface area contributed by atoms with Crippen LogP contribution in [0.4, 0.5) is 0 Å². The summed E-state index contributed by atoms with van der Waals surface area (Å²) in [4.78, 5) is 8.57. The molecule has 2 heterocycles. The van der Waals surface area contributed by atoms with Gasteiger partial charge in [-0.1, -0.05) is 11.6 Å². The third kappa shape index (κ3) is 2.75. The molecule has 0 saturated carbocycles. The topological polar surface area (TPSA) is 81.6 Å². The van der Waals surface area contributed by atoms with Gasteiger partial charge in [-0.15, -0.1) is 0 Å². The second-order valence-electron chi connectivity index (χ2n) is 4.60. The molecule has 0 aliphatic heterocycles. The number of nitrogens with zero attached hydrogens (tertiary/aromatic N) is 4. The van der Waals surface area contributed by atoms with Crippen LogP contribution in [0.3, 0.4) is 0 Å². The zero-order valence-electron chi connectivity index (χ0n) is 11.1. The van der Waals surface area contributed by atoms with E-state index in [1.165, 1.54) is 0 Å². The molecule has 6 nitrogen and oxygen atoms in total. The van der Waals surface area contributed by atoms with Gasteiger partial charge < -0.3 is 0 Å². The van der Waals surface area contributed by atoms with Crippen molar-refractivity contribution < 1.29 is 0 Å². The number of hydrogen-bond acceptors (Lipinski definition) is 5. The second-order valence-corrected chi connectivity index (χ2v) is 5.01. The lowest BCUT2D eigenvalue weighted by Crippen LogP contribution is -2.32. The molecule has 2 rings (SSSR count). The van der Waals surface area contributed by atoms with Gasteiger partial charge >= 0.3 is 0 Å². The van der Waals surface area contributed by atoms with Crippen molar-refractivity contribution in [3.63, 3.8) is 0 Å². The van der Waals surface area contributed by atoms with Gasteiger partial charge in [-0.3, -0.25) is 20.5 Å². The van der Waals surface area contributed by atoms with Crippen LogP contribution in [0.25, 0.3) is 0 Å². The molecule has 1 atom stereocenters. The third-order valence-corrected chi connectivity index (χ3v) is 3.10. The standard InChI is InChI=1S/C12H17ClN6/c1-7(2)19-12(9(13)5-17-19)11(18-14)10-6-15-8(3)4-16-10/h4-7,11,18H,14H2,1-3H3. The molecule has 0 radical (unpaired) electrons. The zero-order chi connectivity index (χ0) is 14.0. The van der Waals surface area contributed by atoms with Crippen LogP contribution in [-0.4, -0.2) is 19.7 Å². The number of aryl methyl sites for hydroxylation is 1. The first kappa shape index (κ1) is 13.9. The lowest BCUT2D eigenvalue weighted by atomic mass is 10.1. The minimum atomic E-state index is -0.342. The van der Waals surface area contributed by atoms with E-state index in [9.17, 15) is 0 Å². The van der Waals surface area contributed by atoms with Gasteiger partial charge in [0.05, 0.1) is 34.5 Å². The van der Waals surface area contributed by atoms with Gasteiger partial charge in [0, 0.05) is 12.2 Å². The lowest BCUT2D eigenvalue weighted by Gasteiger charge is -2.19. The number of aromatic nitrogens is 4. The van der Waals surface area contributed by atoms with Crippen molar-refractivity contribution >= 4 is 11.6 Å². The van der Waals surface area contributed by atoms with Crippen molar-refractivity contribution in [1.82, 2.24) is 25.2 Å². The first-order chi connectivity index (χ1) is 9.04. The molecule has 19 heavy (non-hydrogen) atoms. The van der Waals surface area contributed by atoms with Crippen LogP contribution in [-0.2, 0) is 0 Å². The van der Waals surface area contributed by atoms with Crippen molar-refractivity contribution in [2.24, 2.45) is 5.84 Å². The average molecular weight is 281 g/mol. The van der Waals surface area contributed by atoms with Crippen molar-refractivity contribution in [1.29, 1.82) is 0 Å². The molecule has 7 heteroatoms. The van der Waals surface area contributed by atoms with E-state index in [0.717, 1.165) is 11.4 Å². The van der Waals surface area contributed by atoms with Gasteiger partial charge in [-0.25, -0.2) is 5.43 Å². The third-order valence-electron chi connectivity index (χ3n) is 2.81. The molecule has 0 fully saturated rings. The van der Waals surface area contributed by atoms with Crippen LogP contribution in [0.5, 0.6) is 0 Å². The Hall–Kier alpha value is -1.50. The molecule has 0 aromatic carbocycles. The molecule has 0 amide bonds. The maximum absolute atomic E-state index is 6.22. The molecule has 0 saturated heterocycles. The highest BCUT2D eigenvalue weighted by molar-refractivity contribution is 6.31. The minimum absolute atomic E-state index is 0.178. The quantitative estimate of drug-likeness (QED) is 0.659. The Morgan fingerprint density at radius 2 is 2.00 bits per heavy atom. The van der Waals surface area contributed by atoms with Crippen molar-refractivity contribution in [2.45, 2.75) is 32.9 Å². The second kappa shape index (κ2) is 5.64. The lowest BCUT2D eigenvalue weighted by molar-refractivity contribution is 0.472. The summed E-state index contributed by atoms with van der Waals surface area (Å²) in [7, 11) is 0. The molecule has 0 spiro atoms. The highest BCUT2D eigenvalue weighted by Gasteiger charge is 2.23. The van der Waals surface area contributed by atoms with E-state index in [4.69, 9.17) is 17.4 Å². The van der Waals surface area contributed by atoms with E-state index in [2.05, 4.69) is 20.5 Å². The van der Waals surface area contributed by atoms with Gasteiger partial charge in [-0.05, 0) is 20.8 Å². The molecular formula is C12H17ClN6. The summed E-state index contributed by atoms with van der Waals surface area (Å²) in [5.41, 5.74) is 5.07. The summed E-state index contributed by atoms with van der Waals surface area (Å²) < 4.78 is 1.83. The number of nitrogens with one attached hydrogen (secondary N) is 1. The first-order valence-electron chi connectivity index (χ1n) is 6.02. The van der Waals surface area contributed by atoms with E-state index in [-0.39, 0.29) is 12.1 Å². The number of nitrogens with two attached hydrogens (primary N) is 1. The summed E-state index contributed by atoms with van der Waals surface area (Å²) in [5, 5.41) is 4.82. The predicted molar refractivity (Wildman–Crippen MR) is 73.6 cm³/mol. The fourth-order valence-corrected chi connectivity index (χ4v) is 2.13. The smallest absolute Gasteiger partial charge is 0.108 e. The fourth-order valence-electron chi connectivity index (χ4n) is 1.89. The fraction of sp³-hybridized carbons (Fsp3) is 0.417. The monoisotopic (exact) mass is 280 g/mol. The van der Waals surface area contributed by atoms with Crippen LogP contribution in [0, 0.1) is 6.92 Å². The summed E-state index contributed by atoms with van der Waals surface area (Å²) >= 11 is 6.22. The number of halogens is 1. The van der Waals surface area contributed by atoms with Gasteiger partial charge in [-0.2, -0.15) is 5.10 Å². The van der Waals surface area contributed by atoms with E-state index < -0.39 is 0 Å². The van der Waals surface area contributed by atoms with Gasteiger partial charge in [0.25, 0.3) is 0 Å². The van der Waals surface area contributed by atoms with E-state index in [1.807, 2.05) is 25.5 Å². The molecule has 2 aromatic heterocycles. The molecule has 0 bridgehead atoms. The Bertz CT molecular complexity index is 548. The van der Waals surface area contributed by atoms with Crippen molar-refractivity contribution in [2.75, 3.05) is 0 Å². The molecule has 0 aliphatic carbocycles. The molecule has 102 valence electrons. The summed E-state index contributed by atoms with van der Waals surface area (Å²) in [5.74, 6) is 5.65. The average Bonchev–Trinajstić information content (AvgIpc) is 2.75. The Morgan fingerprint density at radius 1 is 1.26 bits per heavy atom. The van der Waals surface area contributed by atoms with E-state index in [1.54, 1.807) is 18.6 Å². The van der Waals surface area contributed by atoms with Crippen molar-refractivity contribution in [3.8, 4) is 0 Å². The molecular weight excluding hydrogens is 264 g/mol. The van der Waals surface area contributed by atoms with Crippen LogP contribution in [0.1, 0.15) is 43.0 Å². The highest BCUT2D eigenvalue weighted by atomic mass is 35.5. The number of hydrogen-bond donors (Lipinski definition) is 2. The number of rotatable bonds is 4. The first-order valence-corrected chi connectivity index (χ1v) is 6.40. The Morgan fingerprint density at radius 3 is 2.53 bits per heavy atom.